The molecular weight excluding hydrogens is 451 g/mol. The fraction of sp³-hybridized carbons (Fsp3) is 0.708. The first-order valence-electron chi connectivity index (χ1n) is 11.9. The average molecular weight is 484 g/mol. The van der Waals surface area contributed by atoms with Crippen LogP contribution in [-0.4, -0.2) is 39.9 Å². The number of hydrogen-bond acceptors (Lipinski definition) is 6. The zero-order valence-electron chi connectivity index (χ0n) is 19.1. The second-order valence-electron chi connectivity index (χ2n) is 9.56. The standard InChI is InChI=1S/C24H32F3N3O2S/c1-16-28-14-20(32-16)13-19(31)12-18-4-2-17(3-5-18)7-10-30-11-8-22-21(15-30)29-23(33-22)6-9-24(25,26)27/h14,17-18H,2-13,15H2,1H3. The molecule has 0 spiro atoms. The summed E-state index contributed by atoms with van der Waals surface area (Å²) >= 11 is 1.46. The number of fused-ring (bicyclic) bond motifs is 1. The van der Waals surface area contributed by atoms with Crippen LogP contribution in [0.25, 0.3) is 0 Å². The summed E-state index contributed by atoms with van der Waals surface area (Å²) in [6, 6.07) is 0. The third-order valence-corrected chi connectivity index (χ3v) is 8.07. The Morgan fingerprint density at radius 2 is 2.00 bits per heavy atom. The van der Waals surface area contributed by atoms with Gasteiger partial charge in [0.2, 0.25) is 0 Å². The van der Waals surface area contributed by atoms with Crippen molar-refractivity contribution < 1.29 is 22.4 Å². The zero-order valence-corrected chi connectivity index (χ0v) is 19.9. The summed E-state index contributed by atoms with van der Waals surface area (Å²) in [5.74, 6) is 2.65. The molecule has 0 amide bonds. The summed E-state index contributed by atoms with van der Waals surface area (Å²) in [5.41, 5.74) is 0.979. The quantitative estimate of drug-likeness (QED) is 0.459. The minimum absolute atomic E-state index is 0.00898. The SMILES string of the molecule is Cc1ncc(CC(=O)CC2CCC(CCN3CCc4sc(CCC(F)(F)F)nc4C3)CC2)o1. The second kappa shape index (κ2) is 10.7. The molecule has 0 atom stereocenters. The number of aromatic nitrogens is 2. The van der Waals surface area contributed by atoms with Gasteiger partial charge in [-0.2, -0.15) is 13.2 Å². The molecule has 1 aliphatic heterocycles. The van der Waals surface area contributed by atoms with E-state index in [2.05, 4.69) is 14.9 Å². The lowest BCUT2D eigenvalue weighted by molar-refractivity contribution is -0.134. The number of oxazole rings is 1. The molecule has 1 aliphatic carbocycles. The van der Waals surface area contributed by atoms with Crippen molar-refractivity contribution in [3.05, 3.63) is 33.4 Å². The summed E-state index contributed by atoms with van der Waals surface area (Å²) in [6.07, 6.45) is 4.24. The molecule has 1 saturated carbocycles. The number of alkyl halides is 3. The van der Waals surface area contributed by atoms with E-state index in [9.17, 15) is 18.0 Å². The number of carbonyl (C=O) groups excluding carboxylic acids is 1. The van der Waals surface area contributed by atoms with Crippen molar-refractivity contribution in [2.45, 2.75) is 83.9 Å². The van der Waals surface area contributed by atoms with Gasteiger partial charge >= 0.3 is 6.18 Å². The van der Waals surface area contributed by atoms with E-state index in [0.717, 1.165) is 68.7 Å². The van der Waals surface area contributed by atoms with Crippen LogP contribution in [0.15, 0.2) is 10.6 Å². The number of Topliss-reactive ketones (excluding diaryl/α,β-unsaturated/α-hetero) is 1. The highest BCUT2D eigenvalue weighted by Crippen LogP contribution is 2.34. The van der Waals surface area contributed by atoms with Crippen LogP contribution in [0.3, 0.4) is 0 Å². The molecule has 2 aromatic rings. The fourth-order valence-corrected chi connectivity index (χ4v) is 6.08. The molecule has 2 aromatic heterocycles. The molecule has 5 nitrogen and oxygen atoms in total. The molecule has 3 heterocycles. The van der Waals surface area contributed by atoms with Crippen molar-refractivity contribution in [3.8, 4) is 0 Å². The van der Waals surface area contributed by atoms with Gasteiger partial charge < -0.3 is 4.42 Å². The lowest BCUT2D eigenvalue weighted by atomic mass is 9.78. The minimum atomic E-state index is -4.12. The Morgan fingerprint density at radius 3 is 2.70 bits per heavy atom. The zero-order chi connectivity index (χ0) is 23.4. The predicted molar refractivity (Wildman–Crippen MR) is 120 cm³/mol. The molecule has 0 N–H and O–H groups in total. The van der Waals surface area contributed by atoms with Crippen molar-refractivity contribution in [2.75, 3.05) is 13.1 Å². The predicted octanol–water partition coefficient (Wildman–Crippen LogP) is 5.69. The van der Waals surface area contributed by atoms with E-state index < -0.39 is 12.6 Å². The van der Waals surface area contributed by atoms with Crippen LogP contribution in [0.5, 0.6) is 0 Å². The van der Waals surface area contributed by atoms with E-state index in [1.165, 1.54) is 11.3 Å². The van der Waals surface area contributed by atoms with E-state index in [0.29, 0.717) is 41.3 Å². The number of aryl methyl sites for hydroxylation is 2. The Hall–Kier alpha value is -1.74. The number of ketones is 1. The van der Waals surface area contributed by atoms with Gasteiger partial charge in [-0.25, -0.2) is 9.97 Å². The monoisotopic (exact) mass is 483 g/mol. The smallest absolute Gasteiger partial charge is 0.389 e. The summed E-state index contributed by atoms with van der Waals surface area (Å²) in [6.45, 7) is 4.50. The Labute approximate surface area is 196 Å². The first kappa shape index (κ1) is 24.4. The van der Waals surface area contributed by atoms with Gasteiger partial charge in [-0.3, -0.25) is 9.69 Å². The van der Waals surface area contributed by atoms with E-state index in [1.54, 1.807) is 13.1 Å². The van der Waals surface area contributed by atoms with Gasteiger partial charge in [0, 0.05) is 44.2 Å². The molecule has 2 aliphatic rings. The fourth-order valence-electron chi connectivity index (χ4n) is 5.02. The number of carbonyl (C=O) groups is 1. The first-order chi connectivity index (χ1) is 15.7. The normalized spacial score (nSPS) is 21.8. The van der Waals surface area contributed by atoms with Crippen molar-refractivity contribution in [2.24, 2.45) is 11.8 Å². The van der Waals surface area contributed by atoms with Crippen LogP contribution in [0, 0.1) is 18.8 Å². The Balaban J connectivity index is 1.15. The second-order valence-corrected chi connectivity index (χ2v) is 10.7. The van der Waals surface area contributed by atoms with Crippen molar-refractivity contribution >= 4 is 17.1 Å². The van der Waals surface area contributed by atoms with Crippen molar-refractivity contribution in [1.29, 1.82) is 0 Å². The highest BCUT2D eigenvalue weighted by atomic mass is 32.1. The Bertz CT molecular complexity index is 932. The van der Waals surface area contributed by atoms with E-state index in [1.807, 2.05) is 0 Å². The van der Waals surface area contributed by atoms with Gasteiger partial charge in [0.25, 0.3) is 0 Å². The maximum Gasteiger partial charge on any atom is 0.389 e. The van der Waals surface area contributed by atoms with Crippen LogP contribution in [-0.2, 0) is 30.6 Å². The average Bonchev–Trinajstić information content (AvgIpc) is 3.36. The van der Waals surface area contributed by atoms with Gasteiger partial charge in [-0.05, 0) is 44.1 Å². The third kappa shape index (κ3) is 7.37. The number of nitrogens with zero attached hydrogens (tertiary/aromatic N) is 3. The summed E-state index contributed by atoms with van der Waals surface area (Å²) < 4.78 is 42.9. The molecule has 0 saturated heterocycles. The lowest BCUT2D eigenvalue weighted by Gasteiger charge is -2.31. The largest absolute Gasteiger partial charge is 0.446 e. The molecule has 0 aromatic carbocycles. The molecule has 0 bridgehead atoms. The summed E-state index contributed by atoms with van der Waals surface area (Å²) in [4.78, 5) is 24.4. The highest BCUT2D eigenvalue weighted by Gasteiger charge is 2.29. The summed E-state index contributed by atoms with van der Waals surface area (Å²) in [7, 11) is 0. The topological polar surface area (TPSA) is 59.2 Å². The van der Waals surface area contributed by atoms with Crippen LogP contribution in [0.1, 0.15) is 72.2 Å². The van der Waals surface area contributed by atoms with E-state index in [-0.39, 0.29) is 12.2 Å². The first-order valence-corrected chi connectivity index (χ1v) is 12.7. The lowest BCUT2D eigenvalue weighted by Crippen LogP contribution is -2.32. The van der Waals surface area contributed by atoms with Gasteiger partial charge in [0.05, 0.1) is 23.3 Å². The van der Waals surface area contributed by atoms with Crippen LogP contribution in [0.4, 0.5) is 13.2 Å². The maximum absolute atomic E-state index is 12.5. The molecule has 182 valence electrons. The van der Waals surface area contributed by atoms with Gasteiger partial charge in [-0.15, -0.1) is 11.3 Å². The Kier molecular flexibility index (Phi) is 7.89. The molecule has 9 heteroatoms. The number of halogens is 3. The molecule has 0 radical (unpaired) electrons. The molecular formula is C24H32F3N3O2S. The number of thiazole rings is 1. The molecule has 4 rings (SSSR count). The highest BCUT2D eigenvalue weighted by molar-refractivity contribution is 7.11. The third-order valence-electron chi connectivity index (χ3n) is 6.85. The van der Waals surface area contributed by atoms with E-state index in [4.69, 9.17) is 4.42 Å². The summed E-state index contributed by atoms with van der Waals surface area (Å²) in [5, 5.41) is 0.616. The minimum Gasteiger partial charge on any atom is -0.446 e. The number of hydrogen-bond donors (Lipinski definition) is 0. The van der Waals surface area contributed by atoms with Crippen LogP contribution >= 0.6 is 11.3 Å². The van der Waals surface area contributed by atoms with E-state index >= 15 is 0 Å². The number of rotatable bonds is 9. The molecule has 33 heavy (non-hydrogen) atoms. The van der Waals surface area contributed by atoms with Crippen molar-refractivity contribution in [3.63, 3.8) is 0 Å². The van der Waals surface area contributed by atoms with Crippen LogP contribution < -0.4 is 0 Å². The molecule has 0 unspecified atom stereocenters. The van der Waals surface area contributed by atoms with Crippen molar-refractivity contribution in [1.82, 2.24) is 14.9 Å². The molecule has 1 fully saturated rings. The Morgan fingerprint density at radius 1 is 1.24 bits per heavy atom. The van der Waals surface area contributed by atoms with Gasteiger partial charge in [-0.1, -0.05) is 12.8 Å². The van der Waals surface area contributed by atoms with Gasteiger partial charge in [0.1, 0.15) is 11.5 Å². The van der Waals surface area contributed by atoms with Gasteiger partial charge in [0.15, 0.2) is 5.89 Å². The maximum atomic E-state index is 12.5. The van der Waals surface area contributed by atoms with Crippen LogP contribution in [0.2, 0.25) is 0 Å².